The van der Waals surface area contributed by atoms with Gasteiger partial charge >= 0.3 is 0 Å². The third-order valence-corrected chi connectivity index (χ3v) is 5.80. The van der Waals surface area contributed by atoms with Crippen molar-refractivity contribution in [2.45, 2.75) is 45.8 Å². The van der Waals surface area contributed by atoms with Crippen LogP contribution in [0, 0.1) is 11.8 Å². The maximum atomic E-state index is 5.98. The first-order valence-electron chi connectivity index (χ1n) is 7.20. The molecule has 1 N–H and O–H groups in total. The summed E-state index contributed by atoms with van der Waals surface area (Å²) >= 11 is 5.26. The summed E-state index contributed by atoms with van der Waals surface area (Å²) < 4.78 is 7.15. The minimum absolute atomic E-state index is 0.490. The molecule has 1 aliphatic rings. The SMILES string of the molecule is CC1CCC(OCCNCc2cc(Br)cs2)CC1C. The van der Waals surface area contributed by atoms with E-state index in [9.17, 15) is 0 Å². The first kappa shape index (κ1) is 15.5. The van der Waals surface area contributed by atoms with Crippen molar-refractivity contribution in [3.05, 3.63) is 20.8 Å². The summed E-state index contributed by atoms with van der Waals surface area (Å²) in [5.41, 5.74) is 0. The molecule has 0 radical (unpaired) electrons. The fourth-order valence-corrected chi connectivity index (χ4v) is 4.03. The molecule has 1 aromatic rings. The van der Waals surface area contributed by atoms with Crippen molar-refractivity contribution < 1.29 is 4.74 Å². The van der Waals surface area contributed by atoms with Gasteiger partial charge in [-0.3, -0.25) is 0 Å². The lowest BCUT2D eigenvalue weighted by Gasteiger charge is -2.32. The van der Waals surface area contributed by atoms with E-state index >= 15 is 0 Å². The number of hydrogen-bond donors (Lipinski definition) is 1. The zero-order valence-electron chi connectivity index (χ0n) is 11.8. The van der Waals surface area contributed by atoms with Crippen molar-refractivity contribution in [3.63, 3.8) is 0 Å². The van der Waals surface area contributed by atoms with Crippen LogP contribution in [0.4, 0.5) is 0 Å². The van der Waals surface area contributed by atoms with Crippen molar-refractivity contribution in [2.75, 3.05) is 13.2 Å². The first-order valence-corrected chi connectivity index (χ1v) is 8.87. The maximum Gasteiger partial charge on any atom is 0.0594 e. The van der Waals surface area contributed by atoms with Gasteiger partial charge in [-0.25, -0.2) is 0 Å². The van der Waals surface area contributed by atoms with Crippen LogP contribution in [0.1, 0.15) is 38.0 Å². The van der Waals surface area contributed by atoms with Gasteiger partial charge in [0.15, 0.2) is 0 Å². The van der Waals surface area contributed by atoms with Crippen molar-refractivity contribution in [1.29, 1.82) is 0 Å². The summed E-state index contributed by atoms with van der Waals surface area (Å²) in [7, 11) is 0. The Morgan fingerprint density at radius 3 is 2.89 bits per heavy atom. The van der Waals surface area contributed by atoms with Crippen LogP contribution in [-0.4, -0.2) is 19.3 Å². The highest BCUT2D eigenvalue weighted by atomic mass is 79.9. The molecule has 0 aromatic carbocycles. The van der Waals surface area contributed by atoms with E-state index in [4.69, 9.17) is 4.74 Å². The van der Waals surface area contributed by atoms with Gasteiger partial charge in [0.25, 0.3) is 0 Å². The second kappa shape index (κ2) is 7.77. The molecule has 1 aliphatic carbocycles. The predicted octanol–water partition coefficient (Wildman–Crippen LogP) is 4.44. The average molecular weight is 346 g/mol. The minimum atomic E-state index is 0.490. The molecule has 108 valence electrons. The van der Waals surface area contributed by atoms with Gasteiger partial charge in [-0.05, 0) is 53.1 Å². The van der Waals surface area contributed by atoms with Gasteiger partial charge in [0.2, 0.25) is 0 Å². The zero-order chi connectivity index (χ0) is 13.7. The Morgan fingerprint density at radius 2 is 2.21 bits per heavy atom. The van der Waals surface area contributed by atoms with Crippen LogP contribution in [0.3, 0.4) is 0 Å². The third-order valence-electron chi connectivity index (χ3n) is 4.10. The Bertz CT molecular complexity index is 382. The van der Waals surface area contributed by atoms with Gasteiger partial charge in [-0.1, -0.05) is 13.8 Å². The number of rotatable bonds is 6. The summed E-state index contributed by atoms with van der Waals surface area (Å²) in [6.07, 6.45) is 4.29. The molecule has 0 amide bonds. The van der Waals surface area contributed by atoms with E-state index in [1.54, 1.807) is 11.3 Å². The number of thiophene rings is 1. The largest absolute Gasteiger partial charge is 0.377 e. The molecule has 0 spiro atoms. The van der Waals surface area contributed by atoms with Crippen molar-refractivity contribution >= 4 is 27.3 Å². The number of nitrogens with one attached hydrogen (secondary N) is 1. The van der Waals surface area contributed by atoms with Gasteiger partial charge in [-0.15, -0.1) is 11.3 Å². The van der Waals surface area contributed by atoms with Crippen LogP contribution in [0.15, 0.2) is 15.9 Å². The third kappa shape index (κ3) is 5.18. The summed E-state index contributed by atoms with van der Waals surface area (Å²) in [6.45, 7) is 7.43. The molecule has 0 aliphatic heterocycles. The van der Waals surface area contributed by atoms with Gasteiger partial charge < -0.3 is 10.1 Å². The van der Waals surface area contributed by atoms with Crippen molar-refractivity contribution in [1.82, 2.24) is 5.32 Å². The molecule has 2 rings (SSSR count). The van der Waals surface area contributed by atoms with E-state index in [1.807, 2.05) is 0 Å². The molecule has 1 aromatic heterocycles. The fourth-order valence-electron chi connectivity index (χ4n) is 2.61. The Morgan fingerprint density at radius 1 is 1.37 bits per heavy atom. The summed E-state index contributed by atoms with van der Waals surface area (Å²) in [5.74, 6) is 1.69. The summed E-state index contributed by atoms with van der Waals surface area (Å²) in [5, 5.41) is 5.56. The molecule has 1 saturated carbocycles. The Hall–Kier alpha value is 0.1000. The van der Waals surface area contributed by atoms with Crippen LogP contribution in [0.25, 0.3) is 0 Å². The topological polar surface area (TPSA) is 21.3 Å². The van der Waals surface area contributed by atoms with Crippen LogP contribution in [0.2, 0.25) is 0 Å². The molecule has 19 heavy (non-hydrogen) atoms. The molecule has 1 heterocycles. The average Bonchev–Trinajstić information content (AvgIpc) is 2.79. The van der Waals surface area contributed by atoms with Gasteiger partial charge in [-0.2, -0.15) is 0 Å². The molecule has 1 fully saturated rings. The lowest BCUT2D eigenvalue weighted by atomic mass is 9.80. The van der Waals surface area contributed by atoms with Crippen LogP contribution in [-0.2, 0) is 11.3 Å². The summed E-state index contributed by atoms with van der Waals surface area (Å²) in [6, 6.07) is 2.17. The monoisotopic (exact) mass is 345 g/mol. The molecular weight excluding hydrogens is 322 g/mol. The van der Waals surface area contributed by atoms with E-state index in [0.717, 1.165) is 31.5 Å². The highest BCUT2D eigenvalue weighted by Crippen LogP contribution is 2.30. The standard InChI is InChI=1S/C15H24BrNOS/c1-11-3-4-14(7-12(11)2)18-6-5-17-9-15-8-13(16)10-19-15/h8,10-12,14,17H,3-7,9H2,1-2H3. The number of hydrogen-bond acceptors (Lipinski definition) is 3. The molecule has 4 heteroatoms. The molecule has 3 atom stereocenters. The molecule has 3 unspecified atom stereocenters. The highest BCUT2D eigenvalue weighted by Gasteiger charge is 2.24. The Kier molecular flexibility index (Phi) is 6.33. The lowest BCUT2D eigenvalue weighted by molar-refractivity contribution is 0.00425. The van der Waals surface area contributed by atoms with Gasteiger partial charge in [0.05, 0.1) is 12.7 Å². The normalized spacial score (nSPS) is 27.6. The van der Waals surface area contributed by atoms with Crippen LogP contribution in [0.5, 0.6) is 0 Å². The minimum Gasteiger partial charge on any atom is -0.377 e. The van der Waals surface area contributed by atoms with Crippen LogP contribution < -0.4 is 5.32 Å². The fraction of sp³-hybridized carbons (Fsp3) is 0.733. The van der Waals surface area contributed by atoms with E-state index in [0.29, 0.717) is 6.10 Å². The highest BCUT2D eigenvalue weighted by molar-refractivity contribution is 9.10. The van der Waals surface area contributed by atoms with Crippen molar-refractivity contribution in [2.24, 2.45) is 11.8 Å². The van der Waals surface area contributed by atoms with E-state index in [-0.39, 0.29) is 0 Å². The van der Waals surface area contributed by atoms with E-state index in [2.05, 4.69) is 46.5 Å². The first-order chi connectivity index (χ1) is 9.15. The Balaban J connectivity index is 1.55. The van der Waals surface area contributed by atoms with Crippen LogP contribution >= 0.6 is 27.3 Å². The Labute approximate surface area is 129 Å². The molecule has 2 nitrogen and oxygen atoms in total. The summed E-state index contributed by atoms with van der Waals surface area (Å²) in [4.78, 5) is 1.37. The van der Waals surface area contributed by atoms with Gasteiger partial charge in [0, 0.05) is 27.8 Å². The van der Waals surface area contributed by atoms with E-state index in [1.165, 1.54) is 28.6 Å². The number of ether oxygens (including phenoxy) is 1. The van der Waals surface area contributed by atoms with E-state index < -0.39 is 0 Å². The second-order valence-corrected chi connectivity index (χ2v) is 7.58. The van der Waals surface area contributed by atoms with Crippen molar-refractivity contribution in [3.8, 4) is 0 Å². The smallest absolute Gasteiger partial charge is 0.0594 e. The second-order valence-electron chi connectivity index (χ2n) is 5.67. The zero-order valence-corrected chi connectivity index (χ0v) is 14.2. The molecule has 0 saturated heterocycles. The number of halogens is 1. The molecule has 0 bridgehead atoms. The van der Waals surface area contributed by atoms with Gasteiger partial charge in [0.1, 0.15) is 0 Å². The quantitative estimate of drug-likeness (QED) is 0.769. The molecular formula is C15H24BrNOS. The lowest BCUT2D eigenvalue weighted by Crippen LogP contribution is -2.29. The predicted molar refractivity (Wildman–Crippen MR) is 85.6 cm³/mol. The maximum absolute atomic E-state index is 5.98.